The lowest BCUT2D eigenvalue weighted by Crippen LogP contribution is -2.45. The molecule has 0 atom stereocenters. The van der Waals surface area contributed by atoms with Crippen LogP contribution >= 0.6 is 0 Å². The highest BCUT2D eigenvalue weighted by Gasteiger charge is 2.32. The van der Waals surface area contributed by atoms with Crippen molar-refractivity contribution in [2.45, 2.75) is 51.0 Å². The summed E-state index contributed by atoms with van der Waals surface area (Å²) in [4.78, 5) is 0. The molecule has 0 aromatic heterocycles. The van der Waals surface area contributed by atoms with Crippen LogP contribution in [0.15, 0.2) is 0 Å². The summed E-state index contributed by atoms with van der Waals surface area (Å²) < 4.78 is 16.6. The third kappa shape index (κ3) is 7.25. The van der Waals surface area contributed by atoms with E-state index in [1.807, 2.05) is 0 Å². The molecular formula is C15H31NO3. The minimum absolute atomic E-state index is 0.0536. The number of rotatable bonds is 11. The Morgan fingerprint density at radius 1 is 1.00 bits per heavy atom. The van der Waals surface area contributed by atoms with Gasteiger partial charge in [-0.05, 0) is 25.8 Å². The number of hydrogen-bond donors (Lipinski definition) is 1. The normalized spacial score (nSPS) is 18.6. The Balaban J connectivity index is 2.20. The van der Waals surface area contributed by atoms with Gasteiger partial charge < -0.3 is 19.5 Å². The van der Waals surface area contributed by atoms with E-state index >= 15 is 0 Å². The molecule has 0 unspecified atom stereocenters. The van der Waals surface area contributed by atoms with E-state index in [2.05, 4.69) is 12.2 Å². The monoisotopic (exact) mass is 273 g/mol. The molecule has 0 spiro atoms. The fourth-order valence-electron chi connectivity index (χ4n) is 2.62. The molecule has 1 N–H and O–H groups in total. The predicted molar refractivity (Wildman–Crippen MR) is 77.6 cm³/mol. The summed E-state index contributed by atoms with van der Waals surface area (Å²) in [6, 6.07) is 0. The smallest absolute Gasteiger partial charge is 0.0807 e. The molecule has 1 aliphatic carbocycles. The van der Waals surface area contributed by atoms with Gasteiger partial charge in [-0.3, -0.25) is 0 Å². The van der Waals surface area contributed by atoms with Crippen molar-refractivity contribution in [3.8, 4) is 0 Å². The molecule has 0 aromatic rings. The van der Waals surface area contributed by atoms with Crippen LogP contribution in [0.5, 0.6) is 0 Å². The lowest BCUT2D eigenvalue weighted by atomic mass is 9.84. The first-order chi connectivity index (χ1) is 9.33. The zero-order chi connectivity index (χ0) is 13.8. The fraction of sp³-hybridized carbons (Fsp3) is 1.00. The van der Waals surface area contributed by atoms with Crippen molar-refractivity contribution in [3.05, 3.63) is 0 Å². The van der Waals surface area contributed by atoms with Crippen molar-refractivity contribution < 1.29 is 14.2 Å². The largest absolute Gasteiger partial charge is 0.382 e. The van der Waals surface area contributed by atoms with Crippen molar-refractivity contribution >= 4 is 0 Å². The summed E-state index contributed by atoms with van der Waals surface area (Å²) in [5.41, 5.74) is 0.0536. The lowest BCUT2D eigenvalue weighted by molar-refractivity contribution is -0.0881. The van der Waals surface area contributed by atoms with Crippen LogP contribution in [0.3, 0.4) is 0 Å². The molecule has 1 rings (SSSR count). The van der Waals surface area contributed by atoms with E-state index in [-0.39, 0.29) is 5.60 Å². The van der Waals surface area contributed by atoms with Crippen molar-refractivity contribution in [3.63, 3.8) is 0 Å². The molecule has 0 saturated heterocycles. The van der Waals surface area contributed by atoms with Crippen LogP contribution < -0.4 is 5.32 Å². The van der Waals surface area contributed by atoms with Crippen LogP contribution in [0.4, 0.5) is 0 Å². The first kappa shape index (κ1) is 16.9. The van der Waals surface area contributed by atoms with Crippen molar-refractivity contribution in [1.29, 1.82) is 0 Å². The van der Waals surface area contributed by atoms with Gasteiger partial charge in [0.25, 0.3) is 0 Å². The van der Waals surface area contributed by atoms with Gasteiger partial charge in [-0.2, -0.15) is 0 Å². The van der Waals surface area contributed by atoms with Crippen molar-refractivity contribution in [2.75, 3.05) is 46.6 Å². The topological polar surface area (TPSA) is 39.7 Å². The minimum Gasteiger partial charge on any atom is -0.382 e. The van der Waals surface area contributed by atoms with Gasteiger partial charge in [0.2, 0.25) is 0 Å². The predicted octanol–water partition coefficient (Wildman–Crippen LogP) is 2.37. The molecule has 114 valence electrons. The van der Waals surface area contributed by atoms with E-state index in [9.17, 15) is 0 Å². The number of ether oxygens (including phenoxy) is 3. The van der Waals surface area contributed by atoms with Gasteiger partial charge in [-0.1, -0.05) is 26.2 Å². The Labute approximate surface area is 118 Å². The zero-order valence-electron chi connectivity index (χ0n) is 12.7. The Hall–Kier alpha value is -0.160. The SMILES string of the molecule is CCCNCC1(OCCOCCOC)CCCCC1. The highest BCUT2D eigenvalue weighted by molar-refractivity contribution is 4.86. The van der Waals surface area contributed by atoms with Gasteiger partial charge in [0.1, 0.15) is 0 Å². The molecule has 0 heterocycles. The first-order valence-corrected chi connectivity index (χ1v) is 7.74. The van der Waals surface area contributed by atoms with Crippen LogP contribution in [0.1, 0.15) is 45.4 Å². The Morgan fingerprint density at radius 2 is 1.74 bits per heavy atom. The molecule has 4 heteroatoms. The van der Waals surface area contributed by atoms with E-state index in [1.54, 1.807) is 7.11 Å². The summed E-state index contributed by atoms with van der Waals surface area (Å²) in [7, 11) is 1.69. The van der Waals surface area contributed by atoms with E-state index < -0.39 is 0 Å². The van der Waals surface area contributed by atoms with Crippen LogP contribution in [0, 0.1) is 0 Å². The Morgan fingerprint density at radius 3 is 2.42 bits per heavy atom. The second-order valence-electron chi connectivity index (χ2n) is 5.37. The van der Waals surface area contributed by atoms with Gasteiger partial charge in [0.15, 0.2) is 0 Å². The molecule has 1 fully saturated rings. The molecule has 1 aliphatic rings. The second-order valence-corrected chi connectivity index (χ2v) is 5.37. The van der Waals surface area contributed by atoms with Crippen LogP contribution in [0.25, 0.3) is 0 Å². The summed E-state index contributed by atoms with van der Waals surface area (Å²) in [6.45, 7) is 6.93. The summed E-state index contributed by atoms with van der Waals surface area (Å²) >= 11 is 0. The number of nitrogens with one attached hydrogen (secondary N) is 1. The minimum atomic E-state index is 0.0536. The van der Waals surface area contributed by atoms with Crippen LogP contribution in [0.2, 0.25) is 0 Å². The van der Waals surface area contributed by atoms with E-state index in [0.29, 0.717) is 26.4 Å². The Kier molecular flexibility index (Phi) is 9.43. The highest BCUT2D eigenvalue weighted by atomic mass is 16.5. The molecule has 0 radical (unpaired) electrons. The Bertz CT molecular complexity index is 206. The third-order valence-electron chi connectivity index (χ3n) is 3.71. The van der Waals surface area contributed by atoms with Crippen LogP contribution in [-0.2, 0) is 14.2 Å². The summed E-state index contributed by atoms with van der Waals surface area (Å²) in [6.07, 6.45) is 7.47. The number of hydrogen-bond acceptors (Lipinski definition) is 4. The fourth-order valence-corrected chi connectivity index (χ4v) is 2.62. The summed E-state index contributed by atoms with van der Waals surface area (Å²) in [5, 5.41) is 3.52. The average Bonchev–Trinajstić information content (AvgIpc) is 2.44. The van der Waals surface area contributed by atoms with Gasteiger partial charge in [0.05, 0.1) is 32.0 Å². The highest BCUT2D eigenvalue weighted by Crippen LogP contribution is 2.31. The van der Waals surface area contributed by atoms with Gasteiger partial charge in [-0.15, -0.1) is 0 Å². The van der Waals surface area contributed by atoms with Crippen LogP contribution in [-0.4, -0.2) is 52.2 Å². The molecule has 1 saturated carbocycles. The summed E-state index contributed by atoms with van der Waals surface area (Å²) in [5.74, 6) is 0. The van der Waals surface area contributed by atoms with Gasteiger partial charge >= 0.3 is 0 Å². The molecule has 0 aliphatic heterocycles. The molecule has 19 heavy (non-hydrogen) atoms. The lowest BCUT2D eigenvalue weighted by Gasteiger charge is -2.37. The maximum atomic E-state index is 6.17. The van der Waals surface area contributed by atoms with E-state index in [0.717, 1.165) is 13.1 Å². The van der Waals surface area contributed by atoms with Crippen molar-refractivity contribution in [1.82, 2.24) is 5.32 Å². The molecule has 0 amide bonds. The standard InChI is InChI=1S/C15H31NO3/c1-3-9-16-14-15(7-5-4-6-8-15)19-13-12-18-11-10-17-2/h16H,3-14H2,1-2H3. The average molecular weight is 273 g/mol. The molecule has 4 nitrogen and oxygen atoms in total. The second kappa shape index (κ2) is 10.6. The van der Waals surface area contributed by atoms with Gasteiger partial charge in [0, 0.05) is 13.7 Å². The third-order valence-corrected chi connectivity index (χ3v) is 3.71. The maximum absolute atomic E-state index is 6.17. The number of methoxy groups -OCH3 is 1. The molecular weight excluding hydrogens is 242 g/mol. The van der Waals surface area contributed by atoms with E-state index in [1.165, 1.54) is 38.5 Å². The molecule has 0 bridgehead atoms. The molecule has 0 aromatic carbocycles. The van der Waals surface area contributed by atoms with Gasteiger partial charge in [-0.25, -0.2) is 0 Å². The first-order valence-electron chi connectivity index (χ1n) is 7.74. The zero-order valence-corrected chi connectivity index (χ0v) is 12.7. The maximum Gasteiger partial charge on any atom is 0.0807 e. The van der Waals surface area contributed by atoms with Crippen molar-refractivity contribution in [2.24, 2.45) is 0 Å². The quantitative estimate of drug-likeness (QED) is 0.587. The van der Waals surface area contributed by atoms with E-state index in [4.69, 9.17) is 14.2 Å².